The number of hydrogen-bond donors (Lipinski definition) is 1. The van der Waals surface area contributed by atoms with Gasteiger partial charge in [-0.05, 0) is 51.8 Å². The highest BCUT2D eigenvalue weighted by Gasteiger charge is 2.33. The lowest BCUT2D eigenvalue weighted by atomic mass is 10.1. The maximum absolute atomic E-state index is 14.3. The Morgan fingerprint density at radius 3 is 2.50 bits per heavy atom. The Kier molecular flexibility index (Phi) is 4.56. The fourth-order valence-electron chi connectivity index (χ4n) is 3.09. The van der Waals surface area contributed by atoms with Gasteiger partial charge in [-0.15, -0.1) is 0 Å². The van der Waals surface area contributed by atoms with Gasteiger partial charge in [0.25, 0.3) is 0 Å². The number of amides is 1. The van der Waals surface area contributed by atoms with Crippen molar-refractivity contribution in [3.8, 4) is 0 Å². The highest BCUT2D eigenvalue weighted by molar-refractivity contribution is 5.70. The number of halogens is 1. The van der Waals surface area contributed by atoms with Crippen molar-refractivity contribution in [2.75, 3.05) is 36.4 Å². The first-order chi connectivity index (χ1) is 11.3. The molecular weight excluding hydrogens is 309 g/mol. The van der Waals surface area contributed by atoms with Crippen molar-refractivity contribution in [3.63, 3.8) is 0 Å². The average Bonchev–Trinajstić information content (AvgIpc) is 2.94. The van der Waals surface area contributed by atoms with E-state index in [1.54, 1.807) is 11.0 Å². The number of carbonyl (C=O) groups is 1. The van der Waals surface area contributed by atoms with Crippen molar-refractivity contribution in [2.45, 2.75) is 45.3 Å². The molecule has 0 radical (unpaired) electrons. The third-order valence-electron chi connectivity index (χ3n) is 4.30. The third-order valence-corrected chi connectivity index (χ3v) is 4.30. The minimum atomic E-state index is -0.482. The fraction of sp³-hybridized carbons (Fsp3) is 0.611. The van der Waals surface area contributed by atoms with Gasteiger partial charge >= 0.3 is 6.09 Å². The van der Waals surface area contributed by atoms with Crippen LogP contribution >= 0.6 is 0 Å². The van der Waals surface area contributed by atoms with Crippen LogP contribution in [-0.2, 0) is 4.74 Å². The van der Waals surface area contributed by atoms with Gasteiger partial charge in [-0.25, -0.2) is 9.18 Å². The number of nitrogens with one attached hydrogen (secondary N) is 1. The summed E-state index contributed by atoms with van der Waals surface area (Å²) >= 11 is 0. The maximum Gasteiger partial charge on any atom is 0.410 e. The van der Waals surface area contributed by atoms with Gasteiger partial charge < -0.3 is 19.9 Å². The zero-order valence-corrected chi connectivity index (χ0v) is 14.6. The molecule has 0 aromatic heterocycles. The lowest BCUT2D eigenvalue weighted by Crippen LogP contribution is -2.57. The number of anilines is 2. The van der Waals surface area contributed by atoms with Crippen LogP contribution in [-0.4, -0.2) is 48.8 Å². The molecule has 0 unspecified atom stereocenters. The molecule has 1 N–H and O–H groups in total. The molecule has 2 heterocycles. The summed E-state index contributed by atoms with van der Waals surface area (Å²) < 4.78 is 19.6. The summed E-state index contributed by atoms with van der Waals surface area (Å²) in [5.41, 5.74) is 0.954. The molecule has 24 heavy (non-hydrogen) atoms. The molecule has 0 spiro atoms. The molecule has 1 aromatic rings. The first-order valence-corrected chi connectivity index (χ1v) is 8.61. The minimum Gasteiger partial charge on any atom is -0.444 e. The van der Waals surface area contributed by atoms with Crippen LogP contribution in [0.15, 0.2) is 18.2 Å². The fourth-order valence-corrected chi connectivity index (χ4v) is 3.09. The number of benzene rings is 1. The number of hydrogen-bond acceptors (Lipinski definition) is 4. The van der Waals surface area contributed by atoms with Crippen molar-refractivity contribution in [2.24, 2.45) is 0 Å². The lowest BCUT2D eigenvalue weighted by Gasteiger charge is -2.40. The molecule has 2 saturated heterocycles. The van der Waals surface area contributed by atoms with Crippen LogP contribution in [0.3, 0.4) is 0 Å². The van der Waals surface area contributed by atoms with Crippen molar-refractivity contribution >= 4 is 17.5 Å². The average molecular weight is 335 g/mol. The second kappa shape index (κ2) is 6.49. The van der Waals surface area contributed by atoms with E-state index in [4.69, 9.17) is 4.74 Å². The Labute approximate surface area is 142 Å². The molecule has 1 amide bonds. The summed E-state index contributed by atoms with van der Waals surface area (Å²) in [6.07, 6.45) is 1.96. The Morgan fingerprint density at radius 2 is 1.92 bits per heavy atom. The molecule has 0 atom stereocenters. The van der Waals surface area contributed by atoms with Crippen molar-refractivity contribution in [1.29, 1.82) is 0 Å². The largest absolute Gasteiger partial charge is 0.444 e. The van der Waals surface area contributed by atoms with Crippen LogP contribution in [0.1, 0.15) is 33.6 Å². The molecule has 0 saturated carbocycles. The molecule has 5 nitrogen and oxygen atoms in total. The first-order valence-electron chi connectivity index (χ1n) is 8.61. The second-order valence-corrected chi connectivity index (χ2v) is 7.59. The van der Waals surface area contributed by atoms with E-state index in [1.165, 1.54) is 0 Å². The number of ether oxygens (including phenoxy) is 1. The predicted molar refractivity (Wildman–Crippen MR) is 93.1 cm³/mol. The zero-order chi connectivity index (χ0) is 17.3. The number of nitrogens with zero attached hydrogens (tertiary/aromatic N) is 2. The second-order valence-electron chi connectivity index (χ2n) is 7.59. The van der Waals surface area contributed by atoms with E-state index in [9.17, 15) is 9.18 Å². The standard InChI is InChI=1S/C18H26FN3O2/c1-18(2,3)24-17(23)22-11-14(12-22)20-13-6-7-16(15(19)10-13)21-8-4-5-9-21/h6-7,10,14,20H,4-5,8-9,11-12H2,1-3H3. The van der Waals surface area contributed by atoms with E-state index in [0.717, 1.165) is 31.6 Å². The molecule has 1 aromatic carbocycles. The SMILES string of the molecule is CC(C)(C)OC(=O)N1CC(Nc2ccc(N3CCCC3)c(F)c2)C1. The van der Waals surface area contributed by atoms with Crippen LogP contribution in [0.5, 0.6) is 0 Å². The van der Waals surface area contributed by atoms with E-state index in [1.807, 2.05) is 32.9 Å². The Hall–Kier alpha value is -1.98. The summed E-state index contributed by atoms with van der Waals surface area (Å²) in [4.78, 5) is 15.6. The summed E-state index contributed by atoms with van der Waals surface area (Å²) in [6, 6.07) is 5.43. The normalized spacial score (nSPS) is 18.5. The molecule has 2 aliphatic rings. The van der Waals surface area contributed by atoms with E-state index < -0.39 is 5.60 Å². The highest BCUT2D eigenvalue weighted by Crippen LogP contribution is 2.27. The molecule has 0 aliphatic carbocycles. The topological polar surface area (TPSA) is 44.8 Å². The number of rotatable bonds is 3. The van der Waals surface area contributed by atoms with Crippen LogP contribution in [0.2, 0.25) is 0 Å². The monoisotopic (exact) mass is 335 g/mol. The van der Waals surface area contributed by atoms with Gasteiger partial charge in [0.05, 0.1) is 11.7 Å². The summed E-state index contributed by atoms with van der Waals surface area (Å²) in [5.74, 6) is -0.190. The molecular formula is C18H26FN3O2. The van der Waals surface area contributed by atoms with Crippen LogP contribution in [0.25, 0.3) is 0 Å². The van der Waals surface area contributed by atoms with Gasteiger partial charge in [-0.1, -0.05) is 0 Å². The van der Waals surface area contributed by atoms with Gasteiger partial charge in [0, 0.05) is 31.9 Å². The Balaban J connectivity index is 1.51. The molecule has 2 fully saturated rings. The molecule has 2 aliphatic heterocycles. The third kappa shape index (κ3) is 3.91. The lowest BCUT2D eigenvalue weighted by molar-refractivity contribution is 0.0105. The van der Waals surface area contributed by atoms with E-state index in [0.29, 0.717) is 18.8 Å². The Bertz CT molecular complexity index is 603. The first kappa shape index (κ1) is 16.9. The molecule has 132 valence electrons. The molecule has 3 rings (SSSR count). The van der Waals surface area contributed by atoms with E-state index >= 15 is 0 Å². The zero-order valence-electron chi connectivity index (χ0n) is 14.6. The summed E-state index contributed by atoms with van der Waals surface area (Å²) in [6.45, 7) is 8.56. The van der Waals surface area contributed by atoms with Crippen LogP contribution < -0.4 is 10.2 Å². The summed E-state index contributed by atoms with van der Waals surface area (Å²) in [7, 11) is 0. The molecule has 6 heteroatoms. The van der Waals surface area contributed by atoms with Crippen LogP contribution in [0.4, 0.5) is 20.6 Å². The predicted octanol–water partition coefficient (Wildman–Crippen LogP) is 3.46. The van der Waals surface area contributed by atoms with E-state index in [-0.39, 0.29) is 18.0 Å². The highest BCUT2D eigenvalue weighted by atomic mass is 19.1. The van der Waals surface area contributed by atoms with Gasteiger partial charge in [0.2, 0.25) is 0 Å². The number of likely N-dealkylation sites (tertiary alicyclic amines) is 1. The minimum absolute atomic E-state index is 0.134. The maximum atomic E-state index is 14.3. The quantitative estimate of drug-likeness (QED) is 0.919. The van der Waals surface area contributed by atoms with Gasteiger partial charge in [-0.3, -0.25) is 0 Å². The van der Waals surface area contributed by atoms with E-state index in [2.05, 4.69) is 10.2 Å². The summed E-state index contributed by atoms with van der Waals surface area (Å²) in [5, 5.41) is 3.28. The van der Waals surface area contributed by atoms with Crippen LogP contribution in [0, 0.1) is 5.82 Å². The molecule has 0 bridgehead atoms. The van der Waals surface area contributed by atoms with Crippen molar-refractivity contribution < 1.29 is 13.9 Å². The van der Waals surface area contributed by atoms with Crippen molar-refractivity contribution in [1.82, 2.24) is 4.90 Å². The van der Waals surface area contributed by atoms with Gasteiger partial charge in [0.15, 0.2) is 0 Å². The van der Waals surface area contributed by atoms with Crippen molar-refractivity contribution in [3.05, 3.63) is 24.0 Å². The van der Waals surface area contributed by atoms with Gasteiger partial charge in [0.1, 0.15) is 11.4 Å². The smallest absolute Gasteiger partial charge is 0.410 e. The van der Waals surface area contributed by atoms with Gasteiger partial charge in [-0.2, -0.15) is 0 Å². The Morgan fingerprint density at radius 1 is 1.25 bits per heavy atom. The number of carbonyl (C=O) groups excluding carboxylic acids is 1.